The molecule has 6 heteroatoms. The highest BCUT2D eigenvalue weighted by Crippen LogP contribution is 2.16. The molecule has 1 aliphatic heterocycles. The second-order valence-corrected chi connectivity index (χ2v) is 4.09. The Balaban J connectivity index is 2.07. The summed E-state index contributed by atoms with van der Waals surface area (Å²) < 4.78 is 10.4. The molecule has 0 aliphatic carbocycles. The second-order valence-electron chi connectivity index (χ2n) is 4.09. The Morgan fingerprint density at radius 1 is 1.50 bits per heavy atom. The van der Waals surface area contributed by atoms with Gasteiger partial charge in [-0.2, -0.15) is 0 Å². The number of amides is 1. The number of carbonyl (C=O) groups is 1. The minimum absolute atomic E-state index is 0.00165. The number of carbonyl (C=O) groups excluding carboxylic acids is 1. The number of nitrogens with one attached hydrogen (secondary N) is 2. The molecule has 98 valence electrons. The molecule has 6 nitrogen and oxygen atoms in total. The van der Waals surface area contributed by atoms with Gasteiger partial charge in [-0.05, 0) is 6.07 Å². The van der Waals surface area contributed by atoms with Gasteiger partial charge >= 0.3 is 0 Å². The molecular formula is C12H17N3O3. The van der Waals surface area contributed by atoms with Crippen molar-refractivity contribution in [1.29, 1.82) is 0 Å². The number of pyridine rings is 1. The van der Waals surface area contributed by atoms with Crippen LogP contribution in [0.15, 0.2) is 18.5 Å². The molecule has 2 rings (SSSR count). The average Bonchev–Trinajstić information content (AvgIpc) is 2.85. The molecule has 1 aliphatic rings. The van der Waals surface area contributed by atoms with Crippen molar-refractivity contribution in [1.82, 2.24) is 15.6 Å². The van der Waals surface area contributed by atoms with E-state index in [4.69, 9.17) is 9.47 Å². The first-order chi connectivity index (χ1) is 8.76. The van der Waals surface area contributed by atoms with Gasteiger partial charge < -0.3 is 20.1 Å². The number of methoxy groups -OCH3 is 2. The molecule has 0 radical (unpaired) electrons. The second kappa shape index (κ2) is 5.79. The van der Waals surface area contributed by atoms with Crippen LogP contribution < -0.4 is 15.4 Å². The van der Waals surface area contributed by atoms with Crippen molar-refractivity contribution in [3.63, 3.8) is 0 Å². The van der Waals surface area contributed by atoms with Crippen LogP contribution in [0.5, 0.6) is 5.75 Å². The van der Waals surface area contributed by atoms with Crippen LogP contribution in [0.25, 0.3) is 0 Å². The van der Waals surface area contributed by atoms with E-state index in [1.165, 1.54) is 13.3 Å². The molecule has 0 aromatic carbocycles. The predicted octanol–water partition coefficient (Wildman–Crippen LogP) is -0.193. The fraction of sp³-hybridized carbons (Fsp3) is 0.500. The molecule has 1 unspecified atom stereocenters. The van der Waals surface area contributed by atoms with Crippen molar-refractivity contribution in [2.45, 2.75) is 12.1 Å². The number of hydrogen-bond donors (Lipinski definition) is 2. The van der Waals surface area contributed by atoms with E-state index in [-0.39, 0.29) is 18.1 Å². The third kappa shape index (κ3) is 2.60. The van der Waals surface area contributed by atoms with E-state index in [2.05, 4.69) is 15.6 Å². The summed E-state index contributed by atoms with van der Waals surface area (Å²) in [6, 6.07) is 1.61. The lowest BCUT2D eigenvalue weighted by Crippen LogP contribution is -2.43. The Bertz CT molecular complexity index is 425. The van der Waals surface area contributed by atoms with E-state index in [9.17, 15) is 4.79 Å². The summed E-state index contributed by atoms with van der Waals surface area (Å²) >= 11 is 0. The fourth-order valence-corrected chi connectivity index (χ4v) is 2.02. The van der Waals surface area contributed by atoms with E-state index < -0.39 is 0 Å². The summed E-state index contributed by atoms with van der Waals surface area (Å²) in [6.45, 7) is 1.45. The molecular weight excluding hydrogens is 234 g/mol. The summed E-state index contributed by atoms with van der Waals surface area (Å²) in [4.78, 5) is 16.1. The van der Waals surface area contributed by atoms with Crippen molar-refractivity contribution >= 4 is 5.91 Å². The Hall–Kier alpha value is -1.66. The zero-order chi connectivity index (χ0) is 13.0. The third-order valence-corrected chi connectivity index (χ3v) is 3.03. The first kappa shape index (κ1) is 12.8. The largest absolute Gasteiger partial charge is 0.494 e. The minimum Gasteiger partial charge on any atom is -0.494 e. The number of ether oxygens (including phenoxy) is 2. The lowest BCUT2D eigenvalue weighted by molar-refractivity contribution is 0.0777. The Labute approximate surface area is 106 Å². The van der Waals surface area contributed by atoms with Crippen molar-refractivity contribution < 1.29 is 14.3 Å². The highest BCUT2D eigenvalue weighted by atomic mass is 16.5. The molecule has 2 N–H and O–H groups in total. The topological polar surface area (TPSA) is 72.5 Å². The number of rotatable bonds is 4. The molecule has 0 bridgehead atoms. The number of nitrogens with zero attached hydrogens (tertiary/aromatic N) is 1. The number of hydrogen-bond acceptors (Lipinski definition) is 5. The van der Waals surface area contributed by atoms with E-state index >= 15 is 0 Å². The van der Waals surface area contributed by atoms with Crippen LogP contribution in [-0.2, 0) is 4.74 Å². The zero-order valence-corrected chi connectivity index (χ0v) is 10.5. The van der Waals surface area contributed by atoms with Gasteiger partial charge in [-0.1, -0.05) is 0 Å². The zero-order valence-electron chi connectivity index (χ0n) is 10.5. The quantitative estimate of drug-likeness (QED) is 0.776. The Kier molecular flexibility index (Phi) is 4.11. The van der Waals surface area contributed by atoms with Crippen molar-refractivity contribution in [3.05, 3.63) is 24.0 Å². The maximum atomic E-state index is 12.1. The van der Waals surface area contributed by atoms with Gasteiger partial charge in [0, 0.05) is 26.4 Å². The molecule has 1 aromatic rings. The lowest BCUT2D eigenvalue weighted by atomic mass is 10.1. The Morgan fingerprint density at radius 3 is 3.06 bits per heavy atom. The smallest absolute Gasteiger partial charge is 0.255 e. The fourth-order valence-electron chi connectivity index (χ4n) is 2.02. The van der Waals surface area contributed by atoms with E-state index in [1.807, 2.05) is 0 Å². The number of aromatic nitrogens is 1. The molecule has 1 fully saturated rings. The van der Waals surface area contributed by atoms with Gasteiger partial charge in [-0.3, -0.25) is 9.78 Å². The summed E-state index contributed by atoms with van der Waals surface area (Å²) in [6.07, 6.45) is 3.09. The predicted molar refractivity (Wildman–Crippen MR) is 65.7 cm³/mol. The monoisotopic (exact) mass is 251 g/mol. The van der Waals surface area contributed by atoms with E-state index in [0.717, 1.165) is 6.54 Å². The first-order valence-electron chi connectivity index (χ1n) is 5.78. The first-order valence-corrected chi connectivity index (χ1v) is 5.78. The van der Waals surface area contributed by atoms with Crippen LogP contribution in [0.4, 0.5) is 0 Å². The lowest BCUT2D eigenvalue weighted by Gasteiger charge is -2.19. The van der Waals surface area contributed by atoms with Crippen molar-refractivity contribution in [3.8, 4) is 5.75 Å². The molecule has 2 atom stereocenters. The van der Waals surface area contributed by atoms with Gasteiger partial charge in [0.15, 0.2) is 0 Å². The van der Waals surface area contributed by atoms with Crippen LogP contribution in [0.3, 0.4) is 0 Å². The van der Waals surface area contributed by atoms with Gasteiger partial charge in [-0.15, -0.1) is 0 Å². The highest BCUT2D eigenvalue weighted by Gasteiger charge is 2.29. The van der Waals surface area contributed by atoms with Crippen molar-refractivity contribution in [2.24, 2.45) is 0 Å². The molecule has 1 amide bonds. The van der Waals surface area contributed by atoms with Crippen LogP contribution in [0.1, 0.15) is 10.4 Å². The molecule has 0 spiro atoms. The maximum absolute atomic E-state index is 12.1. The van der Waals surface area contributed by atoms with Crippen LogP contribution in [-0.4, -0.2) is 50.3 Å². The molecule has 2 heterocycles. The van der Waals surface area contributed by atoms with E-state index in [0.29, 0.717) is 17.9 Å². The van der Waals surface area contributed by atoms with Crippen LogP contribution in [0, 0.1) is 0 Å². The average molecular weight is 251 g/mol. The normalized spacial score (nSPS) is 22.8. The van der Waals surface area contributed by atoms with Gasteiger partial charge in [0.1, 0.15) is 5.75 Å². The van der Waals surface area contributed by atoms with E-state index in [1.54, 1.807) is 19.4 Å². The minimum atomic E-state index is -0.176. The maximum Gasteiger partial charge on any atom is 0.255 e. The SMILES string of the molecule is COc1cnccc1C(=O)NC1CNC[C@@H]1OC. The summed E-state index contributed by atoms with van der Waals surface area (Å²) in [7, 11) is 3.16. The third-order valence-electron chi connectivity index (χ3n) is 3.03. The van der Waals surface area contributed by atoms with Crippen LogP contribution in [0.2, 0.25) is 0 Å². The summed E-state index contributed by atoms with van der Waals surface area (Å²) in [5.74, 6) is 0.292. The summed E-state index contributed by atoms with van der Waals surface area (Å²) in [5, 5.41) is 6.11. The van der Waals surface area contributed by atoms with Gasteiger partial charge in [0.25, 0.3) is 5.91 Å². The molecule has 18 heavy (non-hydrogen) atoms. The van der Waals surface area contributed by atoms with Crippen molar-refractivity contribution in [2.75, 3.05) is 27.3 Å². The van der Waals surface area contributed by atoms with Gasteiger partial charge in [0.2, 0.25) is 0 Å². The van der Waals surface area contributed by atoms with Gasteiger partial charge in [-0.25, -0.2) is 0 Å². The standard InChI is InChI=1S/C12H17N3O3/c1-17-10-6-13-4-3-8(10)12(16)15-9-5-14-7-11(9)18-2/h3-4,6,9,11,14H,5,7H2,1-2H3,(H,15,16)/t9?,11-/m0/s1. The molecule has 1 aromatic heterocycles. The highest BCUT2D eigenvalue weighted by molar-refractivity contribution is 5.97. The van der Waals surface area contributed by atoms with Gasteiger partial charge in [0.05, 0.1) is 31.0 Å². The molecule has 0 saturated carbocycles. The molecule has 1 saturated heterocycles. The summed E-state index contributed by atoms with van der Waals surface area (Å²) in [5.41, 5.74) is 0.481. The van der Waals surface area contributed by atoms with Crippen LogP contribution >= 0.6 is 0 Å². The Morgan fingerprint density at radius 2 is 2.33 bits per heavy atom.